The molecule has 0 saturated carbocycles. The Labute approximate surface area is 240 Å². The molecule has 0 saturated heterocycles. The van der Waals surface area contributed by atoms with Crippen LogP contribution in [0.1, 0.15) is 37.0 Å². The second-order valence-corrected chi connectivity index (χ2v) is 9.69. The van der Waals surface area contributed by atoms with E-state index in [4.69, 9.17) is 26.8 Å². The summed E-state index contributed by atoms with van der Waals surface area (Å²) in [5.74, 6) is -3.29. The molecular formula is C26H31ClFN7O6. The van der Waals surface area contributed by atoms with E-state index in [-0.39, 0.29) is 31.4 Å². The van der Waals surface area contributed by atoms with Crippen molar-refractivity contribution in [1.82, 2.24) is 30.6 Å². The third-order valence-electron chi connectivity index (χ3n) is 5.75. The molecule has 3 rings (SSSR count). The summed E-state index contributed by atoms with van der Waals surface area (Å²) in [5.41, 5.74) is 9.81. The van der Waals surface area contributed by atoms with Crippen LogP contribution in [0.4, 0.5) is 4.39 Å². The van der Waals surface area contributed by atoms with Crippen molar-refractivity contribution in [2.45, 2.75) is 46.2 Å². The van der Waals surface area contributed by atoms with Gasteiger partial charge in [0, 0.05) is 17.1 Å². The van der Waals surface area contributed by atoms with Crippen LogP contribution in [0.2, 0.25) is 5.02 Å². The van der Waals surface area contributed by atoms with Gasteiger partial charge in [-0.1, -0.05) is 49.7 Å². The molecule has 15 heteroatoms. The quantitative estimate of drug-likeness (QED) is 0.195. The molecule has 41 heavy (non-hydrogen) atoms. The lowest BCUT2D eigenvalue weighted by Gasteiger charge is -2.24. The van der Waals surface area contributed by atoms with E-state index in [0.717, 1.165) is 4.80 Å². The van der Waals surface area contributed by atoms with Gasteiger partial charge in [0.05, 0.1) is 13.2 Å². The van der Waals surface area contributed by atoms with E-state index < -0.39 is 42.5 Å². The van der Waals surface area contributed by atoms with Crippen molar-refractivity contribution in [1.29, 1.82) is 0 Å². The zero-order chi connectivity index (χ0) is 30.1. The number of hydrazine groups is 1. The number of aliphatic hydroxyl groups excluding tert-OH is 1. The van der Waals surface area contributed by atoms with Gasteiger partial charge in [-0.3, -0.25) is 15.0 Å². The molecule has 4 N–H and O–H groups in total. The molecule has 2 aromatic carbocycles. The summed E-state index contributed by atoms with van der Waals surface area (Å²) >= 11 is 6.00. The minimum Gasteiger partial charge on any atom is -0.464 e. The van der Waals surface area contributed by atoms with Crippen LogP contribution in [0.15, 0.2) is 42.5 Å². The first-order valence-electron chi connectivity index (χ1n) is 12.6. The normalized spacial score (nSPS) is 12.7. The second-order valence-electron chi connectivity index (χ2n) is 9.26. The maximum Gasteiger partial charge on any atom is 0.336 e. The predicted octanol–water partition coefficient (Wildman–Crippen LogP) is 1.69. The van der Waals surface area contributed by atoms with E-state index in [1.54, 1.807) is 45.0 Å². The van der Waals surface area contributed by atoms with Crippen molar-refractivity contribution < 1.29 is 33.4 Å². The number of benzene rings is 2. The number of nitrogens with zero attached hydrogens (tertiary/aromatic N) is 5. The standard InChI is InChI=1S/C26H31ClFN7O6/c1-4-40-25(38)21(36)13-34(12-16-5-7-17(8-6-16)19-11-18(27)9-10-20(19)28)32-24(37)23-30-33-35(31-23)14-41-26(39)22(29)15(2)3/h5-11,15,21-22,36H,4,12-14,29H2,1-3H3,(H,32,37)/t21-,22?/m1/s1. The van der Waals surface area contributed by atoms with Gasteiger partial charge >= 0.3 is 17.8 Å². The zero-order valence-corrected chi connectivity index (χ0v) is 23.4. The summed E-state index contributed by atoms with van der Waals surface area (Å²) in [6.45, 7) is 4.46. The van der Waals surface area contributed by atoms with Crippen LogP contribution in [0, 0.1) is 11.7 Å². The molecule has 0 fully saturated rings. The number of carbonyl (C=O) groups is 3. The Morgan fingerprint density at radius 3 is 2.51 bits per heavy atom. The first-order valence-corrected chi connectivity index (χ1v) is 13.0. The van der Waals surface area contributed by atoms with Crippen molar-refractivity contribution >= 4 is 29.4 Å². The SMILES string of the molecule is CCOC(=O)[C@H](O)CN(Cc1ccc(-c2cc(Cl)ccc2F)cc1)NC(=O)c1nnn(COC(=O)C(N)C(C)C)n1. The highest BCUT2D eigenvalue weighted by atomic mass is 35.5. The number of nitrogens with two attached hydrogens (primary N) is 1. The second kappa shape index (κ2) is 14.6. The smallest absolute Gasteiger partial charge is 0.336 e. The van der Waals surface area contributed by atoms with E-state index >= 15 is 0 Å². The van der Waals surface area contributed by atoms with Crippen LogP contribution in [-0.4, -0.2) is 73.5 Å². The van der Waals surface area contributed by atoms with Gasteiger partial charge in [-0.05, 0) is 47.4 Å². The van der Waals surface area contributed by atoms with E-state index in [2.05, 4.69) is 20.8 Å². The lowest BCUT2D eigenvalue weighted by atomic mass is 10.0. The molecule has 0 aliphatic heterocycles. The Morgan fingerprint density at radius 1 is 1.15 bits per heavy atom. The number of amides is 1. The molecule has 2 atom stereocenters. The zero-order valence-electron chi connectivity index (χ0n) is 22.7. The number of rotatable bonds is 13. The number of aliphatic hydroxyl groups is 1. The van der Waals surface area contributed by atoms with Crippen molar-refractivity contribution in [3.63, 3.8) is 0 Å². The lowest BCUT2D eigenvalue weighted by Crippen LogP contribution is -2.47. The summed E-state index contributed by atoms with van der Waals surface area (Å²) in [6.07, 6.45) is -1.58. The number of nitrogens with one attached hydrogen (secondary N) is 1. The molecular weight excluding hydrogens is 561 g/mol. The summed E-state index contributed by atoms with van der Waals surface area (Å²) in [5, 5.41) is 23.2. The summed E-state index contributed by atoms with van der Waals surface area (Å²) in [6, 6.07) is 10.1. The molecule has 0 spiro atoms. The van der Waals surface area contributed by atoms with Crippen LogP contribution in [0.25, 0.3) is 11.1 Å². The third kappa shape index (κ3) is 9.01. The number of aromatic nitrogens is 4. The molecule has 1 aromatic heterocycles. The Kier molecular flexibility index (Phi) is 11.2. The van der Waals surface area contributed by atoms with Gasteiger partial charge < -0.3 is 20.3 Å². The Balaban J connectivity index is 1.71. The molecule has 0 radical (unpaired) electrons. The fourth-order valence-electron chi connectivity index (χ4n) is 3.47. The summed E-state index contributed by atoms with van der Waals surface area (Å²) in [7, 11) is 0. The van der Waals surface area contributed by atoms with Crippen molar-refractivity contribution in [3.8, 4) is 11.1 Å². The number of hydrogen-bond donors (Lipinski definition) is 3. The van der Waals surface area contributed by atoms with Crippen LogP contribution in [0.5, 0.6) is 0 Å². The van der Waals surface area contributed by atoms with E-state index in [1.807, 2.05) is 0 Å². The average molecular weight is 592 g/mol. The first-order chi connectivity index (χ1) is 19.5. The molecule has 13 nitrogen and oxygen atoms in total. The van der Waals surface area contributed by atoms with E-state index in [1.165, 1.54) is 23.2 Å². The number of esters is 2. The fraction of sp³-hybridized carbons (Fsp3) is 0.385. The highest BCUT2D eigenvalue weighted by Gasteiger charge is 2.24. The minimum absolute atomic E-state index is 0.0271. The number of halogens is 2. The maximum absolute atomic E-state index is 14.3. The monoisotopic (exact) mass is 591 g/mol. The highest BCUT2D eigenvalue weighted by molar-refractivity contribution is 6.30. The maximum atomic E-state index is 14.3. The Hall–Kier alpha value is -3.98. The molecule has 1 heterocycles. The van der Waals surface area contributed by atoms with Crippen molar-refractivity contribution in [2.75, 3.05) is 13.2 Å². The largest absolute Gasteiger partial charge is 0.464 e. The molecule has 0 aliphatic carbocycles. The van der Waals surface area contributed by atoms with Crippen LogP contribution >= 0.6 is 11.6 Å². The van der Waals surface area contributed by atoms with Gasteiger partial charge in [0.15, 0.2) is 6.10 Å². The van der Waals surface area contributed by atoms with Gasteiger partial charge in [0.25, 0.3) is 5.82 Å². The molecule has 3 aromatic rings. The number of tetrazole rings is 1. The molecule has 1 unspecified atom stereocenters. The highest BCUT2D eigenvalue weighted by Crippen LogP contribution is 2.26. The molecule has 1 amide bonds. The van der Waals surface area contributed by atoms with Gasteiger partial charge in [-0.15, -0.1) is 15.0 Å². The van der Waals surface area contributed by atoms with Gasteiger partial charge in [0.1, 0.15) is 11.9 Å². The van der Waals surface area contributed by atoms with Gasteiger partial charge in [0.2, 0.25) is 6.73 Å². The average Bonchev–Trinajstić information content (AvgIpc) is 3.42. The minimum atomic E-state index is -1.58. The number of ether oxygens (including phenoxy) is 2. The predicted molar refractivity (Wildman–Crippen MR) is 144 cm³/mol. The van der Waals surface area contributed by atoms with E-state index in [9.17, 15) is 23.9 Å². The fourth-order valence-corrected chi connectivity index (χ4v) is 3.64. The van der Waals surface area contributed by atoms with Crippen molar-refractivity contribution in [3.05, 3.63) is 64.7 Å². The van der Waals surface area contributed by atoms with Crippen LogP contribution in [0.3, 0.4) is 0 Å². The van der Waals surface area contributed by atoms with Crippen LogP contribution in [-0.2, 0) is 32.3 Å². The molecule has 220 valence electrons. The first kappa shape index (κ1) is 31.5. The van der Waals surface area contributed by atoms with Crippen molar-refractivity contribution in [2.24, 2.45) is 11.7 Å². The Morgan fingerprint density at radius 2 is 1.85 bits per heavy atom. The van der Waals surface area contributed by atoms with E-state index in [0.29, 0.717) is 21.7 Å². The van der Waals surface area contributed by atoms with Crippen LogP contribution < -0.4 is 11.2 Å². The number of hydrogen-bond acceptors (Lipinski definition) is 11. The lowest BCUT2D eigenvalue weighted by molar-refractivity contribution is -0.154. The number of carbonyl (C=O) groups excluding carboxylic acids is 3. The topological polar surface area (TPSA) is 175 Å². The van der Waals surface area contributed by atoms with Gasteiger partial charge in [-0.25, -0.2) is 14.2 Å². The third-order valence-corrected chi connectivity index (χ3v) is 5.98. The molecule has 0 bridgehead atoms. The summed E-state index contributed by atoms with van der Waals surface area (Å²) < 4.78 is 24.2. The molecule has 0 aliphatic rings. The summed E-state index contributed by atoms with van der Waals surface area (Å²) in [4.78, 5) is 37.7. The van der Waals surface area contributed by atoms with Gasteiger partial charge in [-0.2, -0.15) is 0 Å². The Bertz CT molecular complexity index is 1350.